The summed E-state index contributed by atoms with van der Waals surface area (Å²) in [5.74, 6) is 0.122. The molecular formula is C9H21NO3S. The highest BCUT2D eigenvalue weighted by molar-refractivity contribution is 7.89. The van der Waals surface area contributed by atoms with Gasteiger partial charge in [-0.1, -0.05) is 20.8 Å². The highest BCUT2D eigenvalue weighted by atomic mass is 32.2. The number of rotatable bonds is 7. The molecule has 0 amide bonds. The summed E-state index contributed by atoms with van der Waals surface area (Å²) in [4.78, 5) is 0. The van der Waals surface area contributed by atoms with Crippen LogP contribution in [0.5, 0.6) is 0 Å². The van der Waals surface area contributed by atoms with Gasteiger partial charge in [-0.25, -0.2) is 13.1 Å². The molecule has 0 unspecified atom stereocenters. The van der Waals surface area contributed by atoms with E-state index in [0.29, 0.717) is 19.3 Å². The lowest BCUT2D eigenvalue weighted by atomic mass is 9.98. The SMILES string of the molecule is CCCS(=O)(=O)NCC(O)(CC)CC. The van der Waals surface area contributed by atoms with E-state index in [0.717, 1.165) is 0 Å². The van der Waals surface area contributed by atoms with Gasteiger partial charge in [0.1, 0.15) is 0 Å². The zero-order valence-corrected chi connectivity index (χ0v) is 10.0. The molecule has 0 bridgehead atoms. The second-order valence-corrected chi connectivity index (χ2v) is 5.50. The van der Waals surface area contributed by atoms with E-state index in [1.165, 1.54) is 0 Å². The first-order chi connectivity index (χ1) is 6.39. The lowest BCUT2D eigenvalue weighted by Crippen LogP contribution is -2.42. The Hall–Kier alpha value is -0.130. The highest BCUT2D eigenvalue weighted by Crippen LogP contribution is 2.13. The van der Waals surface area contributed by atoms with Crippen molar-refractivity contribution in [3.63, 3.8) is 0 Å². The smallest absolute Gasteiger partial charge is 0.211 e. The summed E-state index contributed by atoms with van der Waals surface area (Å²) in [5.41, 5.74) is -0.902. The standard InChI is InChI=1S/C9H21NO3S/c1-4-7-14(12,13)10-8-9(11,5-2)6-3/h10-11H,4-8H2,1-3H3. The van der Waals surface area contributed by atoms with E-state index in [9.17, 15) is 13.5 Å². The molecule has 0 aliphatic carbocycles. The summed E-state index contributed by atoms with van der Waals surface area (Å²) in [6.07, 6.45) is 1.70. The Labute approximate surface area is 86.8 Å². The number of hydrogen-bond acceptors (Lipinski definition) is 3. The Morgan fingerprint density at radius 2 is 1.71 bits per heavy atom. The molecule has 0 aromatic carbocycles. The van der Waals surface area contributed by atoms with Gasteiger partial charge in [-0.05, 0) is 19.3 Å². The van der Waals surface area contributed by atoms with Crippen LogP contribution >= 0.6 is 0 Å². The number of aliphatic hydroxyl groups is 1. The van der Waals surface area contributed by atoms with Gasteiger partial charge in [0.25, 0.3) is 0 Å². The summed E-state index contributed by atoms with van der Waals surface area (Å²) >= 11 is 0. The van der Waals surface area contributed by atoms with Gasteiger partial charge in [0, 0.05) is 6.54 Å². The normalized spacial score (nSPS) is 13.1. The fourth-order valence-corrected chi connectivity index (χ4v) is 2.26. The van der Waals surface area contributed by atoms with Gasteiger partial charge in [-0.15, -0.1) is 0 Å². The van der Waals surface area contributed by atoms with Crippen molar-refractivity contribution in [2.45, 2.75) is 45.6 Å². The molecule has 0 aliphatic rings. The minimum Gasteiger partial charge on any atom is -0.389 e. The van der Waals surface area contributed by atoms with E-state index in [1.54, 1.807) is 0 Å². The molecule has 0 radical (unpaired) electrons. The van der Waals surface area contributed by atoms with Crippen LogP contribution in [0.1, 0.15) is 40.0 Å². The van der Waals surface area contributed by atoms with Crippen LogP contribution in [-0.4, -0.2) is 31.4 Å². The predicted molar refractivity (Wildman–Crippen MR) is 57.6 cm³/mol. The summed E-state index contributed by atoms with van der Waals surface area (Å²) in [5, 5.41) is 9.83. The Morgan fingerprint density at radius 3 is 2.07 bits per heavy atom. The van der Waals surface area contributed by atoms with E-state index in [1.807, 2.05) is 20.8 Å². The van der Waals surface area contributed by atoms with Crippen LogP contribution in [0, 0.1) is 0 Å². The van der Waals surface area contributed by atoms with Gasteiger partial charge in [-0.3, -0.25) is 0 Å². The van der Waals surface area contributed by atoms with Gasteiger partial charge in [-0.2, -0.15) is 0 Å². The summed E-state index contributed by atoms with van der Waals surface area (Å²) in [6, 6.07) is 0. The minimum absolute atomic E-state index is 0.113. The number of nitrogens with one attached hydrogen (secondary N) is 1. The second-order valence-electron chi connectivity index (χ2n) is 3.57. The molecule has 0 saturated heterocycles. The molecule has 0 fully saturated rings. The van der Waals surface area contributed by atoms with Crippen molar-refractivity contribution < 1.29 is 13.5 Å². The monoisotopic (exact) mass is 223 g/mol. The van der Waals surface area contributed by atoms with Crippen LogP contribution < -0.4 is 4.72 Å². The van der Waals surface area contributed by atoms with Crippen molar-refractivity contribution in [3.05, 3.63) is 0 Å². The maximum Gasteiger partial charge on any atom is 0.211 e. The molecule has 86 valence electrons. The van der Waals surface area contributed by atoms with Gasteiger partial charge < -0.3 is 5.11 Å². The number of hydrogen-bond donors (Lipinski definition) is 2. The summed E-state index contributed by atoms with van der Waals surface area (Å²) in [6.45, 7) is 5.61. The molecule has 0 saturated carbocycles. The molecule has 0 heterocycles. The third-order valence-electron chi connectivity index (χ3n) is 2.41. The molecule has 2 N–H and O–H groups in total. The van der Waals surface area contributed by atoms with E-state index in [4.69, 9.17) is 0 Å². The lowest BCUT2D eigenvalue weighted by molar-refractivity contribution is 0.0377. The molecule has 0 spiro atoms. The van der Waals surface area contributed by atoms with Crippen LogP contribution in [0.25, 0.3) is 0 Å². The average molecular weight is 223 g/mol. The quantitative estimate of drug-likeness (QED) is 0.673. The minimum atomic E-state index is -3.20. The fourth-order valence-electron chi connectivity index (χ4n) is 1.09. The predicted octanol–water partition coefficient (Wildman–Crippen LogP) is 0.867. The molecule has 14 heavy (non-hydrogen) atoms. The zero-order valence-electron chi connectivity index (χ0n) is 9.21. The van der Waals surface area contributed by atoms with Crippen molar-refractivity contribution >= 4 is 10.0 Å². The third kappa shape index (κ3) is 4.93. The first kappa shape index (κ1) is 13.9. The topological polar surface area (TPSA) is 66.4 Å². The maximum atomic E-state index is 11.3. The van der Waals surface area contributed by atoms with Crippen molar-refractivity contribution in [2.24, 2.45) is 0 Å². The highest BCUT2D eigenvalue weighted by Gasteiger charge is 2.24. The van der Waals surface area contributed by atoms with Crippen LogP contribution in [0.15, 0.2) is 0 Å². The average Bonchev–Trinajstić information content (AvgIpc) is 2.14. The Morgan fingerprint density at radius 1 is 1.21 bits per heavy atom. The molecule has 0 rings (SSSR count). The molecular weight excluding hydrogens is 202 g/mol. The first-order valence-corrected chi connectivity index (χ1v) is 6.74. The van der Waals surface area contributed by atoms with Gasteiger partial charge in [0.2, 0.25) is 10.0 Å². The van der Waals surface area contributed by atoms with Crippen LogP contribution in [0.2, 0.25) is 0 Å². The molecule has 0 aromatic rings. The van der Waals surface area contributed by atoms with E-state index in [2.05, 4.69) is 4.72 Å². The second kappa shape index (κ2) is 5.68. The van der Waals surface area contributed by atoms with Gasteiger partial charge in [0.05, 0.1) is 11.4 Å². The first-order valence-electron chi connectivity index (χ1n) is 5.09. The Kier molecular flexibility index (Phi) is 5.63. The van der Waals surface area contributed by atoms with Crippen LogP contribution in [-0.2, 0) is 10.0 Å². The van der Waals surface area contributed by atoms with E-state index < -0.39 is 15.6 Å². The third-order valence-corrected chi connectivity index (χ3v) is 3.94. The maximum absolute atomic E-state index is 11.3. The van der Waals surface area contributed by atoms with Crippen molar-refractivity contribution in [2.75, 3.05) is 12.3 Å². The van der Waals surface area contributed by atoms with Crippen molar-refractivity contribution in [1.29, 1.82) is 0 Å². The van der Waals surface area contributed by atoms with Crippen LogP contribution in [0.4, 0.5) is 0 Å². The van der Waals surface area contributed by atoms with E-state index in [-0.39, 0.29) is 12.3 Å². The van der Waals surface area contributed by atoms with Crippen molar-refractivity contribution in [3.8, 4) is 0 Å². The number of sulfonamides is 1. The molecule has 4 nitrogen and oxygen atoms in total. The largest absolute Gasteiger partial charge is 0.389 e. The zero-order chi connectivity index (χ0) is 11.2. The Bertz CT molecular complexity index is 245. The molecule has 0 aliphatic heterocycles. The van der Waals surface area contributed by atoms with Gasteiger partial charge >= 0.3 is 0 Å². The summed E-state index contributed by atoms with van der Waals surface area (Å²) in [7, 11) is -3.20. The summed E-state index contributed by atoms with van der Waals surface area (Å²) < 4.78 is 25.0. The van der Waals surface area contributed by atoms with Gasteiger partial charge in [0.15, 0.2) is 0 Å². The Balaban J connectivity index is 4.16. The van der Waals surface area contributed by atoms with E-state index >= 15 is 0 Å². The lowest BCUT2D eigenvalue weighted by Gasteiger charge is -2.25. The molecule has 0 atom stereocenters. The molecule has 5 heteroatoms. The fraction of sp³-hybridized carbons (Fsp3) is 1.00. The van der Waals surface area contributed by atoms with Crippen molar-refractivity contribution in [1.82, 2.24) is 4.72 Å². The molecule has 0 aromatic heterocycles. The van der Waals surface area contributed by atoms with Crippen LogP contribution in [0.3, 0.4) is 0 Å².